The average Bonchev–Trinajstić information content (AvgIpc) is 2.31. The van der Waals surface area contributed by atoms with E-state index in [2.05, 4.69) is 20.9 Å². The number of aromatic nitrogens is 1. The standard InChI is InChI=1S/C13H13BrN2O/c1-8-5-3-4-6-9(8)12-10(14)7-11(15)13(16-12)17-2/h3-7H,15H2,1-2H3. The fourth-order valence-corrected chi connectivity index (χ4v) is 2.23. The number of nitrogen functional groups attached to an aromatic ring is 1. The predicted octanol–water partition coefficient (Wildman–Crippen LogP) is 3.41. The molecule has 0 aliphatic rings. The van der Waals surface area contributed by atoms with Crippen molar-refractivity contribution >= 4 is 21.6 Å². The van der Waals surface area contributed by atoms with E-state index in [9.17, 15) is 0 Å². The van der Waals surface area contributed by atoms with E-state index in [1.807, 2.05) is 37.3 Å². The van der Waals surface area contributed by atoms with Crippen molar-refractivity contribution in [1.29, 1.82) is 0 Å². The molecule has 0 saturated carbocycles. The van der Waals surface area contributed by atoms with Crippen LogP contribution in [0.3, 0.4) is 0 Å². The lowest BCUT2D eigenvalue weighted by molar-refractivity contribution is 0.400. The maximum atomic E-state index is 5.80. The van der Waals surface area contributed by atoms with Crippen LogP contribution < -0.4 is 10.5 Å². The predicted molar refractivity (Wildman–Crippen MR) is 73.1 cm³/mol. The van der Waals surface area contributed by atoms with Crippen molar-refractivity contribution in [3.8, 4) is 17.1 Å². The zero-order chi connectivity index (χ0) is 12.4. The smallest absolute Gasteiger partial charge is 0.237 e. The fourth-order valence-electron chi connectivity index (χ4n) is 1.68. The van der Waals surface area contributed by atoms with Crippen molar-refractivity contribution in [2.24, 2.45) is 0 Å². The Balaban J connectivity index is 2.64. The highest BCUT2D eigenvalue weighted by molar-refractivity contribution is 9.10. The summed E-state index contributed by atoms with van der Waals surface area (Å²) in [7, 11) is 1.56. The van der Waals surface area contributed by atoms with Crippen LogP contribution in [0, 0.1) is 6.92 Å². The summed E-state index contributed by atoms with van der Waals surface area (Å²) in [6.45, 7) is 2.05. The molecule has 0 spiro atoms. The minimum Gasteiger partial charge on any atom is -0.480 e. The van der Waals surface area contributed by atoms with Gasteiger partial charge < -0.3 is 10.5 Å². The summed E-state index contributed by atoms with van der Waals surface area (Å²) in [5.74, 6) is 0.450. The summed E-state index contributed by atoms with van der Waals surface area (Å²) in [5, 5.41) is 0. The third-order valence-electron chi connectivity index (χ3n) is 2.56. The molecule has 1 aromatic heterocycles. The second-order valence-electron chi connectivity index (χ2n) is 3.73. The highest BCUT2D eigenvalue weighted by Crippen LogP contribution is 2.33. The fraction of sp³-hybridized carbons (Fsp3) is 0.154. The summed E-state index contributed by atoms with van der Waals surface area (Å²) in [5.41, 5.74) is 9.39. The number of rotatable bonds is 2. The quantitative estimate of drug-likeness (QED) is 0.923. The van der Waals surface area contributed by atoms with Crippen molar-refractivity contribution in [3.63, 3.8) is 0 Å². The number of hydrogen-bond acceptors (Lipinski definition) is 3. The molecule has 3 nitrogen and oxygen atoms in total. The van der Waals surface area contributed by atoms with Crippen molar-refractivity contribution in [2.75, 3.05) is 12.8 Å². The zero-order valence-corrected chi connectivity index (χ0v) is 11.3. The minimum atomic E-state index is 0.450. The van der Waals surface area contributed by atoms with Crippen LogP contribution in [-0.4, -0.2) is 12.1 Å². The first-order chi connectivity index (χ1) is 8.13. The number of nitrogens with zero attached hydrogens (tertiary/aromatic N) is 1. The van der Waals surface area contributed by atoms with Crippen LogP contribution in [0.5, 0.6) is 5.88 Å². The Morgan fingerprint density at radius 2 is 2.00 bits per heavy atom. The monoisotopic (exact) mass is 292 g/mol. The van der Waals surface area contributed by atoms with Crippen LogP contribution in [0.2, 0.25) is 0 Å². The topological polar surface area (TPSA) is 48.1 Å². The van der Waals surface area contributed by atoms with Crippen molar-refractivity contribution in [3.05, 3.63) is 40.4 Å². The number of aryl methyl sites for hydroxylation is 1. The molecule has 0 radical (unpaired) electrons. The van der Waals surface area contributed by atoms with Gasteiger partial charge in [-0.05, 0) is 34.5 Å². The van der Waals surface area contributed by atoms with Gasteiger partial charge in [-0.25, -0.2) is 4.98 Å². The van der Waals surface area contributed by atoms with Crippen LogP contribution in [0.25, 0.3) is 11.3 Å². The van der Waals surface area contributed by atoms with Crippen molar-refractivity contribution < 1.29 is 4.74 Å². The molecule has 0 saturated heterocycles. The van der Waals surface area contributed by atoms with Gasteiger partial charge in [0.15, 0.2) is 0 Å². The van der Waals surface area contributed by atoms with E-state index in [4.69, 9.17) is 10.5 Å². The third-order valence-corrected chi connectivity index (χ3v) is 3.17. The summed E-state index contributed by atoms with van der Waals surface area (Å²) >= 11 is 3.48. The molecule has 0 bridgehead atoms. The normalized spacial score (nSPS) is 10.3. The van der Waals surface area contributed by atoms with Gasteiger partial charge in [0.2, 0.25) is 5.88 Å². The molecule has 0 unspecified atom stereocenters. The molecule has 0 atom stereocenters. The van der Waals surface area contributed by atoms with Gasteiger partial charge in [-0.1, -0.05) is 24.3 Å². The van der Waals surface area contributed by atoms with E-state index in [-0.39, 0.29) is 0 Å². The molecule has 0 amide bonds. The molecule has 4 heteroatoms. The number of ether oxygens (including phenoxy) is 1. The van der Waals surface area contributed by atoms with E-state index in [1.54, 1.807) is 7.11 Å². The SMILES string of the molecule is COc1nc(-c2ccccc2C)c(Br)cc1N. The molecule has 17 heavy (non-hydrogen) atoms. The van der Waals surface area contributed by atoms with Crippen LogP contribution in [0.4, 0.5) is 5.69 Å². The Hall–Kier alpha value is -1.55. The summed E-state index contributed by atoms with van der Waals surface area (Å²) in [6, 6.07) is 9.87. The molecule has 0 aliphatic heterocycles. The summed E-state index contributed by atoms with van der Waals surface area (Å²) in [6.07, 6.45) is 0. The lowest BCUT2D eigenvalue weighted by Crippen LogP contribution is -1.98. The van der Waals surface area contributed by atoms with Gasteiger partial charge in [0.25, 0.3) is 0 Å². The maximum Gasteiger partial charge on any atom is 0.237 e. The van der Waals surface area contributed by atoms with E-state index < -0.39 is 0 Å². The molecule has 1 heterocycles. The Morgan fingerprint density at radius 3 is 2.65 bits per heavy atom. The first kappa shape index (κ1) is 11.9. The molecule has 1 aromatic carbocycles. The van der Waals surface area contributed by atoms with Crippen LogP contribution in [0.1, 0.15) is 5.56 Å². The molecule has 2 rings (SSSR count). The zero-order valence-electron chi connectivity index (χ0n) is 9.70. The highest BCUT2D eigenvalue weighted by Gasteiger charge is 2.11. The number of halogens is 1. The van der Waals surface area contributed by atoms with Gasteiger partial charge in [-0.15, -0.1) is 0 Å². The number of anilines is 1. The Kier molecular flexibility index (Phi) is 3.33. The number of nitrogens with two attached hydrogens (primary N) is 1. The van der Waals surface area contributed by atoms with Crippen molar-refractivity contribution in [2.45, 2.75) is 6.92 Å². The van der Waals surface area contributed by atoms with Gasteiger partial charge in [-0.2, -0.15) is 0 Å². The largest absolute Gasteiger partial charge is 0.480 e. The molecule has 0 aliphatic carbocycles. The molecular weight excluding hydrogens is 280 g/mol. The molecule has 2 aromatic rings. The minimum absolute atomic E-state index is 0.450. The van der Waals surface area contributed by atoms with Gasteiger partial charge in [0.05, 0.1) is 18.5 Å². The van der Waals surface area contributed by atoms with Crippen LogP contribution >= 0.6 is 15.9 Å². The van der Waals surface area contributed by atoms with Gasteiger partial charge in [0, 0.05) is 10.0 Å². The maximum absolute atomic E-state index is 5.80. The first-order valence-corrected chi connectivity index (χ1v) is 5.98. The number of methoxy groups -OCH3 is 1. The van der Waals surface area contributed by atoms with Crippen LogP contribution in [-0.2, 0) is 0 Å². The van der Waals surface area contributed by atoms with Gasteiger partial charge >= 0.3 is 0 Å². The Bertz CT molecular complexity index is 555. The lowest BCUT2D eigenvalue weighted by Gasteiger charge is -2.10. The highest BCUT2D eigenvalue weighted by atomic mass is 79.9. The average molecular weight is 293 g/mol. The Labute approximate surface area is 109 Å². The molecule has 2 N–H and O–H groups in total. The second kappa shape index (κ2) is 4.75. The van der Waals surface area contributed by atoms with Crippen LogP contribution in [0.15, 0.2) is 34.8 Å². The third kappa shape index (κ3) is 2.26. The number of pyridine rings is 1. The van der Waals surface area contributed by atoms with E-state index in [0.29, 0.717) is 11.6 Å². The lowest BCUT2D eigenvalue weighted by atomic mass is 10.1. The van der Waals surface area contributed by atoms with E-state index in [0.717, 1.165) is 21.3 Å². The van der Waals surface area contributed by atoms with Crippen molar-refractivity contribution in [1.82, 2.24) is 4.98 Å². The molecular formula is C13H13BrN2O. The Morgan fingerprint density at radius 1 is 1.29 bits per heavy atom. The van der Waals surface area contributed by atoms with E-state index >= 15 is 0 Å². The number of benzene rings is 1. The number of hydrogen-bond donors (Lipinski definition) is 1. The molecule has 88 valence electrons. The first-order valence-electron chi connectivity index (χ1n) is 5.19. The van der Waals surface area contributed by atoms with E-state index in [1.165, 1.54) is 0 Å². The van der Waals surface area contributed by atoms with Gasteiger partial charge in [-0.3, -0.25) is 0 Å². The summed E-state index contributed by atoms with van der Waals surface area (Å²) < 4.78 is 6.01. The second-order valence-corrected chi connectivity index (χ2v) is 4.59. The molecule has 0 fully saturated rings. The summed E-state index contributed by atoms with van der Waals surface area (Å²) in [4.78, 5) is 4.43. The van der Waals surface area contributed by atoms with Gasteiger partial charge in [0.1, 0.15) is 0 Å².